The van der Waals surface area contributed by atoms with Gasteiger partial charge in [-0.1, -0.05) is 12.1 Å². The van der Waals surface area contributed by atoms with Crippen LogP contribution in [0.25, 0.3) is 0 Å². The van der Waals surface area contributed by atoms with Crippen molar-refractivity contribution in [2.45, 2.75) is 12.7 Å². The highest BCUT2D eigenvalue weighted by Gasteiger charge is 2.29. The van der Waals surface area contributed by atoms with Crippen molar-refractivity contribution < 1.29 is 13.2 Å². The van der Waals surface area contributed by atoms with Gasteiger partial charge in [-0.2, -0.15) is 13.2 Å². The lowest BCUT2D eigenvalue weighted by Gasteiger charge is -2.18. The van der Waals surface area contributed by atoms with Gasteiger partial charge < -0.3 is 5.73 Å². The molecule has 0 unspecified atom stereocenters. The first kappa shape index (κ1) is 15.3. The Morgan fingerprint density at radius 1 is 1.17 bits per heavy atom. The highest BCUT2D eigenvalue weighted by atomic mass is 79.9. The summed E-state index contributed by atoms with van der Waals surface area (Å²) in [7, 11) is 0. The zero-order valence-corrected chi connectivity index (χ0v) is 12.2. The molecule has 1 aromatic carbocycles. The summed E-state index contributed by atoms with van der Waals surface area (Å²) in [5.41, 5.74) is 5.40. The second-order valence-electron chi connectivity index (χ2n) is 3.46. The van der Waals surface area contributed by atoms with Crippen LogP contribution in [0.3, 0.4) is 0 Å². The van der Waals surface area contributed by atoms with Crippen molar-refractivity contribution in [2.24, 2.45) is 11.6 Å². The van der Waals surface area contributed by atoms with Crippen LogP contribution in [0.5, 0.6) is 0 Å². The second-order valence-corrected chi connectivity index (χ2v) is 5.07. The van der Waals surface area contributed by atoms with Gasteiger partial charge in [-0.25, -0.2) is 5.84 Å². The summed E-state index contributed by atoms with van der Waals surface area (Å²) < 4.78 is 37.8. The molecule has 4 N–H and O–H groups in total. The Hall–Kier alpha value is -0.730. The Balaban J connectivity index is 2.79. The standard InChI is InChI=1S/C10H10Br2F3N3/c11-8(16)9(12)18(17)5-6-1-3-7(4-2-6)10(13,14)15/h1-4H,5,16-17H2/b9-8-. The number of hydrogen-bond acceptors (Lipinski definition) is 3. The Bertz CT molecular complexity index is 439. The summed E-state index contributed by atoms with van der Waals surface area (Å²) in [4.78, 5) is 0. The third-order valence-electron chi connectivity index (χ3n) is 2.08. The summed E-state index contributed by atoms with van der Waals surface area (Å²) in [5.74, 6) is 5.67. The molecule has 0 amide bonds. The molecule has 0 aliphatic carbocycles. The number of hydrazine groups is 1. The van der Waals surface area contributed by atoms with Crippen LogP contribution in [-0.4, -0.2) is 5.01 Å². The van der Waals surface area contributed by atoms with E-state index in [2.05, 4.69) is 31.9 Å². The molecule has 3 nitrogen and oxygen atoms in total. The molecule has 0 bridgehead atoms. The Labute approximate surface area is 119 Å². The summed E-state index contributed by atoms with van der Waals surface area (Å²) in [6, 6.07) is 4.76. The molecule has 0 aliphatic rings. The molecule has 0 aliphatic heterocycles. The largest absolute Gasteiger partial charge is 0.416 e. The number of nitrogens with two attached hydrogens (primary N) is 2. The molecule has 0 saturated carbocycles. The summed E-state index contributed by atoms with van der Waals surface area (Å²) in [6.07, 6.45) is -4.33. The van der Waals surface area contributed by atoms with E-state index in [0.29, 0.717) is 14.8 Å². The SMILES string of the molecule is N/C(Br)=C(/Br)N(N)Cc1ccc(C(F)(F)F)cc1. The van der Waals surface area contributed by atoms with Gasteiger partial charge in [0.25, 0.3) is 0 Å². The van der Waals surface area contributed by atoms with Gasteiger partial charge >= 0.3 is 6.18 Å². The fourth-order valence-electron chi connectivity index (χ4n) is 1.20. The molecule has 0 radical (unpaired) electrons. The fraction of sp³-hybridized carbons (Fsp3) is 0.200. The average molecular weight is 389 g/mol. The number of halogens is 5. The van der Waals surface area contributed by atoms with Crippen molar-refractivity contribution in [1.82, 2.24) is 5.01 Å². The van der Waals surface area contributed by atoms with Gasteiger partial charge in [-0.15, -0.1) is 0 Å². The predicted octanol–water partition coefficient (Wildman–Crippen LogP) is 3.26. The Morgan fingerprint density at radius 2 is 1.67 bits per heavy atom. The molecular weight excluding hydrogens is 379 g/mol. The smallest absolute Gasteiger partial charge is 0.391 e. The normalized spacial score (nSPS) is 13.2. The van der Waals surface area contributed by atoms with Gasteiger partial charge in [0.1, 0.15) is 9.21 Å². The molecular formula is C10H10Br2F3N3. The van der Waals surface area contributed by atoms with Crippen molar-refractivity contribution in [2.75, 3.05) is 0 Å². The molecule has 0 aromatic heterocycles. The van der Waals surface area contributed by atoms with E-state index in [4.69, 9.17) is 11.6 Å². The maximum atomic E-state index is 12.3. The molecule has 0 fully saturated rings. The minimum absolute atomic E-state index is 0.227. The maximum absolute atomic E-state index is 12.3. The zero-order valence-electron chi connectivity index (χ0n) is 9.01. The zero-order chi connectivity index (χ0) is 13.9. The van der Waals surface area contributed by atoms with E-state index in [1.807, 2.05) is 0 Å². The first-order chi connectivity index (χ1) is 8.21. The van der Waals surface area contributed by atoms with Crippen LogP contribution >= 0.6 is 31.9 Å². The molecule has 0 saturated heterocycles. The summed E-state index contributed by atoms with van der Waals surface area (Å²) in [6.45, 7) is 0.227. The molecule has 1 aromatic rings. The van der Waals surface area contributed by atoms with Crippen molar-refractivity contribution in [3.05, 3.63) is 44.6 Å². The van der Waals surface area contributed by atoms with E-state index >= 15 is 0 Å². The third-order valence-corrected chi connectivity index (χ3v) is 3.87. The number of hydrogen-bond donors (Lipinski definition) is 2. The van der Waals surface area contributed by atoms with Crippen LogP contribution in [0.4, 0.5) is 13.2 Å². The lowest BCUT2D eigenvalue weighted by molar-refractivity contribution is -0.137. The maximum Gasteiger partial charge on any atom is 0.416 e. The van der Waals surface area contributed by atoms with Gasteiger partial charge in [-0.05, 0) is 49.6 Å². The highest BCUT2D eigenvalue weighted by Crippen LogP contribution is 2.29. The third kappa shape index (κ3) is 4.18. The first-order valence-electron chi connectivity index (χ1n) is 4.71. The van der Waals surface area contributed by atoms with Gasteiger partial charge in [0.2, 0.25) is 0 Å². The topological polar surface area (TPSA) is 55.3 Å². The van der Waals surface area contributed by atoms with E-state index in [1.54, 1.807) is 0 Å². The number of nitrogens with zero attached hydrogens (tertiary/aromatic N) is 1. The summed E-state index contributed by atoms with van der Waals surface area (Å²) >= 11 is 6.17. The van der Waals surface area contributed by atoms with Crippen LogP contribution in [0.1, 0.15) is 11.1 Å². The highest BCUT2D eigenvalue weighted by molar-refractivity contribution is 9.14. The molecule has 1 rings (SSSR count). The average Bonchev–Trinajstić information content (AvgIpc) is 2.27. The summed E-state index contributed by atoms with van der Waals surface area (Å²) in [5, 5.41) is 1.27. The van der Waals surface area contributed by atoms with Crippen LogP contribution in [0.15, 0.2) is 33.5 Å². The van der Waals surface area contributed by atoms with Crippen molar-refractivity contribution >= 4 is 31.9 Å². The van der Waals surface area contributed by atoms with E-state index < -0.39 is 11.7 Å². The number of alkyl halides is 3. The lowest BCUT2D eigenvalue weighted by Crippen LogP contribution is -2.28. The van der Waals surface area contributed by atoms with Gasteiger partial charge in [0.05, 0.1) is 12.1 Å². The fourth-order valence-corrected chi connectivity index (χ4v) is 1.56. The van der Waals surface area contributed by atoms with E-state index in [-0.39, 0.29) is 6.54 Å². The van der Waals surface area contributed by atoms with Gasteiger partial charge in [-0.3, -0.25) is 5.01 Å². The van der Waals surface area contributed by atoms with Gasteiger partial charge in [0.15, 0.2) is 0 Å². The number of rotatable bonds is 3. The minimum Gasteiger partial charge on any atom is -0.391 e. The molecule has 0 spiro atoms. The van der Waals surface area contributed by atoms with Crippen LogP contribution in [0, 0.1) is 0 Å². The van der Waals surface area contributed by atoms with E-state index in [9.17, 15) is 13.2 Å². The van der Waals surface area contributed by atoms with E-state index in [0.717, 1.165) is 12.1 Å². The molecule has 8 heteroatoms. The van der Waals surface area contributed by atoms with Crippen LogP contribution < -0.4 is 11.6 Å². The van der Waals surface area contributed by atoms with Crippen molar-refractivity contribution in [1.29, 1.82) is 0 Å². The molecule has 0 atom stereocenters. The first-order valence-corrected chi connectivity index (χ1v) is 6.29. The van der Waals surface area contributed by atoms with E-state index in [1.165, 1.54) is 17.1 Å². The Kier molecular flexibility index (Phi) is 5.06. The number of benzene rings is 1. The predicted molar refractivity (Wildman–Crippen MR) is 70.2 cm³/mol. The second kappa shape index (κ2) is 5.94. The lowest BCUT2D eigenvalue weighted by atomic mass is 10.1. The molecule has 18 heavy (non-hydrogen) atoms. The van der Waals surface area contributed by atoms with Crippen molar-refractivity contribution in [3.63, 3.8) is 0 Å². The van der Waals surface area contributed by atoms with Crippen molar-refractivity contribution in [3.8, 4) is 0 Å². The molecule has 100 valence electrons. The van der Waals surface area contributed by atoms with Gasteiger partial charge in [0, 0.05) is 0 Å². The Morgan fingerprint density at radius 3 is 2.06 bits per heavy atom. The van der Waals surface area contributed by atoms with Crippen LogP contribution in [-0.2, 0) is 12.7 Å². The molecule has 0 heterocycles. The monoisotopic (exact) mass is 387 g/mol. The minimum atomic E-state index is -4.33. The quantitative estimate of drug-likeness (QED) is 0.474. The van der Waals surface area contributed by atoms with Crippen LogP contribution in [0.2, 0.25) is 0 Å².